The third-order valence-electron chi connectivity index (χ3n) is 6.01. The summed E-state index contributed by atoms with van der Waals surface area (Å²) in [5, 5.41) is 2.70. The number of halogens is 3. The van der Waals surface area contributed by atoms with E-state index < -0.39 is 11.9 Å². The van der Waals surface area contributed by atoms with Gasteiger partial charge in [-0.3, -0.25) is 9.59 Å². The summed E-state index contributed by atoms with van der Waals surface area (Å²) in [6.07, 6.45) is -2.62. The Morgan fingerprint density at radius 3 is 2.25 bits per heavy atom. The van der Waals surface area contributed by atoms with Crippen molar-refractivity contribution in [3.63, 3.8) is 0 Å². The highest BCUT2D eigenvalue weighted by atomic mass is 19.4. The molecule has 2 amide bonds. The van der Waals surface area contributed by atoms with E-state index in [1.54, 1.807) is 59.3 Å². The molecule has 0 aliphatic carbocycles. The number of aliphatic imine (C=N–C) groups is 1. The topological polar surface area (TPSA) is 91.0 Å². The summed E-state index contributed by atoms with van der Waals surface area (Å²) >= 11 is 0. The zero-order chi connectivity index (χ0) is 26.3. The number of piperidine rings is 1. The molecule has 0 unspecified atom stereocenters. The molecule has 2 aromatic carbocycles. The number of carbonyl (C=O) groups is 2. The van der Waals surface area contributed by atoms with Crippen LogP contribution in [0.15, 0.2) is 71.5 Å². The van der Waals surface area contributed by atoms with Crippen LogP contribution in [0, 0.1) is 5.92 Å². The predicted octanol–water partition coefficient (Wildman–Crippen LogP) is 4.45. The van der Waals surface area contributed by atoms with E-state index >= 15 is 0 Å². The summed E-state index contributed by atoms with van der Waals surface area (Å²) in [5.41, 5.74) is 5.39. The second-order valence-electron chi connectivity index (χ2n) is 8.67. The van der Waals surface area contributed by atoms with Gasteiger partial charge in [-0.1, -0.05) is 30.3 Å². The summed E-state index contributed by atoms with van der Waals surface area (Å²) < 4.78 is 41.2. The van der Waals surface area contributed by atoms with Crippen molar-refractivity contribution in [3.05, 3.63) is 72.1 Å². The zero-order valence-corrected chi connectivity index (χ0v) is 20.3. The van der Waals surface area contributed by atoms with Crippen LogP contribution in [0.1, 0.15) is 25.3 Å². The van der Waals surface area contributed by atoms with Crippen LogP contribution >= 0.6 is 0 Å². The van der Waals surface area contributed by atoms with Gasteiger partial charge in [-0.05, 0) is 42.7 Å². The highest BCUT2D eigenvalue weighted by Gasteiger charge is 2.38. The number of nitrogens with one attached hydrogen (secondary N) is 1. The van der Waals surface area contributed by atoms with Crippen molar-refractivity contribution < 1.29 is 22.8 Å². The van der Waals surface area contributed by atoms with E-state index in [1.807, 2.05) is 0 Å². The van der Waals surface area contributed by atoms with E-state index in [2.05, 4.69) is 10.3 Å². The Morgan fingerprint density at radius 2 is 1.72 bits per heavy atom. The van der Waals surface area contributed by atoms with Crippen molar-refractivity contribution in [3.8, 4) is 0 Å². The molecule has 1 heterocycles. The minimum atomic E-state index is -4.72. The van der Waals surface area contributed by atoms with Crippen LogP contribution in [0.2, 0.25) is 0 Å². The molecule has 0 spiro atoms. The van der Waals surface area contributed by atoms with Gasteiger partial charge in [0.1, 0.15) is 0 Å². The molecule has 0 saturated carbocycles. The highest BCUT2D eigenvalue weighted by Crippen LogP contribution is 2.27. The van der Waals surface area contributed by atoms with Crippen LogP contribution in [-0.2, 0) is 16.1 Å². The van der Waals surface area contributed by atoms with Gasteiger partial charge in [0.25, 0.3) is 0 Å². The predicted molar refractivity (Wildman–Crippen MR) is 133 cm³/mol. The van der Waals surface area contributed by atoms with Crippen molar-refractivity contribution >= 4 is 28.9 Å². The Hall–Kier alpha value is -3.82. The van der Waals surface area contributed by atoms with Crippen LogP contribution in [-0.4, -0.2) is 53.6 Å². The van der Waals surface area contributed by atoms with Crippen LogP contribution < -0.4 is 11.1 Å². The molecule has 0 atom stereocenters. The first kappa shape index (κ1) is 26.8. The fourth-order valence-corrected chi connectivity index (χ4v) is 4.04. The number of carbonyl (C=O) groups excluding carboxylic acids is 2. The number of allylic oxidation sites excluding steroid dienone is 1. The van der Waals surface area contributed by atoms with Crippen molar-refractivity contribution in [2.75, 3.05) is 25.5 Å². The van der Waals surface area contributed by atoms with Gasteiger partial charge in [0, 0.05) is 51.4 Å². The van der Waals surface area contributed by atoms with Crippen molar-refractivity contribution in [1.29, 1.82) is 0 Å². The highest BCUT2D eigenvalue weighted by molar-refractivity contribution is 6.07. The Balaban J connectivity index is 1.64. The lowest BCUT2D eigenvalue weighted by molar-refractivity contribution is -0.139. The number of benzene rings is 2. The molecule has 1 aliphatic rings. The minimum absolute atomic E-state index is 0.0145. The van der Waals surface area contributed by atoms with Crippen LogP contribution in [0.25, 0.3) is 0 Å². The van der Waals surface area contributed by atoms with E-state index in [1.165, 1.54) is 19.1 Å². The maximum Gasteiger partial charge on any atom is 0.435 e. The molecule has 2 aromatic rings. The first-order chi connectivity index (χ1) is 17.1. The second-order valence-corrected chi connectivity index (χ2v) is 8.67. The number of amides is 2. The molecule has 36 heavy (non-hydrogen) atoms. The molecule has 3 N–H and O–H groups in total. The smallest absolute Gasteiger partial charge is 0.403 e. The molecule has 7 nitrogen and oxygen atoms in total. The minimum Gasteiger partial charge on any atom is -0.403 e. The molecule has 0 bridgehead atoms. The standard InChI is InChI=1S/C26H30F3N5O2/c1-18(35)34-14-12-20(13-15-34)25(36)33(2)17-19-8-10-22(11-9-19)31-23(16-30)24(26(27,28)29)32-21-6-4-3-5-7-21/h3-11,16,20,31H,12-15,17,30H2,1-2H3. The molecule has 1 aliphatic heterocycles. The maximum absolute atomic E-state index is 13.7. The van der Waals surface area contributed by atoms with Crippen molar-refractivity contribution in [1.82, 2.24) is 9.80 Å². The van der Waals surface area contributed by atoms with Crippen molar-refractivity contribution in [2.45, 2.75) is 32.5 Å². The number of anilines is 1. The average Bonchev–Trinajstić information content (AvgIpc) is 2.86. The molecule has 0 aromatic heterocycles. The Labute approximate surface area is 208 Å². The lowest BCUT2D eigenvalue weighted by atomic mass is 9.95. The summed E-state index contributed by atoms with van der Waals surface area (Å²) in [7, 11) is 1.72. The zero-order valence-electron chi connectivity index (χ0n) is 20.3. The summed E-state index contributed by atoms with van der Waals surface area (Å²) in [6, 6.07) is 14.5. The van der Waals surface area contributed by atoms with Gasteiger partial charge < -0.3 is 20.9 Å². The van der Waals surface area contributed by atoms with Gasteiger partial charge in [0.2, 0.25) is 11.8 Å². The van der Waals surface area contributed by atoms with Gasteiger partial charge >= 0.3 is 6.18 Å². The van der Waals surface area contributed by atoms with Crippen molar-refractivity contribution in [2.24, 2.45) is 16.6 Å². The number of nitrogens with zero attached hydrogens (tertiary/aromatic N) is 3. The number of hydrogen-bond acceptors (Lipinski definition) is 5. The number of hydrogen-bond donors (Lipinski definition) is 2. The molecule has 3 rings (SSSR count). The monoisotopic (exact) mass is 501 g/mol. The molecule has 1 saturated heterocycles. The largest absolute Gasteiger partial charge is 0.435 e. The quantitative estimate of drug-likeness (QED) is 0.549. The third kappa shape index (κ3) is 7.10. The van der Waals surface area contributed by atoms with Gasteiger partial charge in [-0.25, -0.2) is 4.99 Å². The normalized spacial score (nSPS) is 15.5. The Morgan fingerprint density at radius 1 is 1.11 bits per heavy atom. The first-order valence-electron chi connectivity index (χ1n) is 11.6. The third-order valence-corrected chi connectivity index (χ3v) is 6.01. The van der Waals surface area contributed by atoms with E-state index in [0.29, 0.717) is 38.2 Å². The molecular formula is C26H30F3N5O2. The van der Waals surface area contributed by atoms with Crippen LogP contribution in [0.5, 0.6) is 0 Å². The molecular weight excluding hydrogens is 471 g/mol. The summed E-state index contributed by atoms with van der Waals surface area (Å²) in [6.45, 7) is 3.03. The lowest BCUT2D eigenvalue weighted by Crippen LogP contribution is -2.42. The molecule has 1 fully saturated rings. The summed E-state index contributed by atoms with van der Waals surface area (Å²) in [4.78, 5) is 31.4. The van der Waals surface area contributed by atoms with Crippen LogP contribution in [0.4, 0.5) is 24.5 Å². The fourth-order valence-electron chi connectivity index (χ4n) is 4.04. The number of rotatable bonds is 7. The number of nitrogens with two attached hydrogens (primary N) is 1. The maximum atomic E-state index is 13.7. The number of likely N-dealkylation sites (tertiary alicyclic amines) is 1. The van der Waals surface area contributed by atoms with E-state index in [-0.39, 0.29) is 29.1 Å². The SMILES string of the molecule is CC(=O)N1CCC(C(=O)N(C)Cc2ccc(NC(=CN)C(=Nc3ccccc3)C(F)(F)F)cc2)CC1. The second kappa shape index (κ2) is 11.7. The fraction of sp³-hybridized carbons (Fsp3) is 0.346. The Bertz CT molecular complexity index is 1110. The van der Waals surface area contributed by atoms with E-state index in [4.69, 9.17) is 5.73 Å². The number of alkyl halides is 3. The first-order valence-corrected chi connectivity index (χ1v) is 11.6. The average molecular weight is 502 g/mol. The van der Waals surface area contributed by atoms with Gasteiger partial charge in [0.05, 0.1) is 11.4 Å². The van der Waals surface area contributed by atoms with E-state index in [9.17, 15) is 22.8 Å². The van der Waals surface area contributed by atoms with Gasteiger partial charge in [-0.2, -0.15) is 13.2 Å². The van der Waals surface area contributed by atoms with Gasteiger partial charge in [0.15, 0.2) is 5.71 Å². The lowest BCUT2D eigenvalue weighted by Gasteiger charge is -2.32. The van der Waals surface area contributed by atoms with Crippen LogP contribution in [0.3, 0.4) is 0 Å². The van der Waals surface area contributed by atoms with Gasteiger partial charge in [-0.15, -0.1) is 0 Å². The molecule has 192 valence electrons. The molecule has 10 heteroatoms. The number of para-hydroxylation sites is 1. The Kier molecular flexibility index (Phi) is 8.73. The van der Waals surface area contributed by atoms with E-state index in [0.717, 1.165) is 11.8 Å². The summed E-state index contributed by atoms with van der Waals surface area (Å²) in [5.74, 6) is -0.0986. The molecule has 0 radical (unpaired) electrons.